The van der Waals surface area contributed by atoms with E-state index < -0.39 is 5.97 Å². The highest BCUT2D eigenvalue weighted by Gasteiger charge is 2.29. The van der Waals surface area contributed by atoms with Crippen LogP contribution in [0.1, 0.15) is 48.3 Å². The van der Waals surface area contributed by atoms with E-state index in [2.05, 4.69) is 10.1 Å². The fourth-order valence-corrected chi connectivity index (χ4v) is 4.02. The van der Waals surface area contributed by atoms with Gasteiger partial charge in [-0.15, -0.1) is 0 Å². The second-order valence-electron chi connectivity index (χ2n) is 7.48. The van der Waals surface area contributed by atoms with Crippen LogP contribution < -0.4 is 0 Å². The van der Waals surface area contributed by atoms with E-state index in [1.807, 2.05) is 43.3 Å². The molecular formula is C22H24N4O3. The number of nitrogens with zero attached hydrogens (tertiary/aromatic N) is 4. The topological polar surface area (TPSA) is 88.3 Å². The highest BCUT2D eigenvalue weighted by molar-refractivity contribution is 5.95. The number of carbonyl (C=O) groups excluding carboxylic acids is 1. The van der Waals surface area contributed by atoms with Gasteiger partial charge in [0.05, 0.1) is 11.4 Å². The summed E-state index contributed by atoms with van der Waals surface area (Å²) in [5, 5.41) is 14.5. The SMILES string of the molecule is Cc1nn(-c2ccccc2)c2nc(C(=O)N3CCCCC3CCC(=O)O)ccc12. The minimum absolute atomic E-state index is 0.0504. The van der Waals surface area contributed by atoms with Crippen LogP contribution in [0.3, 0.4) is 0 Å². The third-order valence-electron chi connectivity index (χ3n) is 5.51. The first kappa shape index (κ1) is 19.1. The first-order valence-corrected chi connectivity index (χ1v) is 9.99. The molecule has 4 rings (SSSR count). The van der Waals surface area contributed by atoms with E-state index in [-0.39, 0.29) is 18.4 Å². The summed E-state index contributed by atoms with van der Waals surface area (Å²) in [5.74, 6) is -0.967. The van der Waals surface area contributed by atoms with Gasteiger partial charge in [0.15, 0.2) is 5.65 Å². The van der Waals surface area contributed by atoms with Crippen molar-refractivity contribution in [3.05, 3.63) is 53.9 Å². The number of para-hydroxylation sites is 1. The zero-order valence-corrected chi connectivity index (χ0v) is 16.4. The number of amides is 1. The lowest BCUT2D eigenvalue weighted by Crippen LogP contribution is -2.44. The van der Waals surface area contributed by atoms with E-state index in [1.165, 1.54) is 0 Å². The number of carbonyl (C=O) groups is 2. The normalized spacial score (nSPS) is 16.9. The number of aromatic nitrogens is 3. The average molecular weight is 392 g/mol. The van der Waals surface area contributed by atoms with Gasteiger partial charge in [-0.3, -0.25) is 9.59 Å². The van der Waals surface area contributed by atoms with Crippen LogP contribution in [-0.2, 0) is 4.79 Å². The van der Waals surface area contributed by atoms with Crippen molar-refractivity contribution >= 4 is 22.9 Å². The number of aliphatic carboxylic acids is 1. The van der Waals surface area contributed by atoms with Gasteiger partial charge in [-0.25, -0.2) is 9.67 Å². The molecule has 1 atom stereocenters. The number of carboxylic acids is 1. The van der Waals surface area contributed by atoms with Crippen molar-refractivity contribution in [1.29, 1.82) is 0 Å². The Balaban J connectivity index is 1.68. The number of fused-ring (bicyclic) bond motifs is 1. The standard InChI is InChI=1S/C22H24N4O3/c1-15-18-11-12-19(23-21(18)26(24-15)17-8-3-2-4-9-17)22(29)25-14-6-5-7-16(25)10-13-20(27)28/h2-4,8-9,11-12,16H,5-7,10,13-14H2,1H3,(H,27,28). The van der Waals surface area contributed by atoms with Gasteiger partial charge in [0.1, 0.15) is 5.69 Å². The summed E-state index contributed by atoms with van der Waals surface area (Å²) in [6.45, 7) is 2.57. The monoisotopic (exact) mass is 392 g/mol. The van der Waals surface area contributed by atoms with Crippen LogP contribution in [0.5, 0.6) is 0 Å². The average Bonchev–Trinajstić information content (AvgIpc) is 3.08. The molecule has 0 bridgehead atoms. The molecule has 2 aromatic heterocycles. The van der Waals surface area contributed by atoms with E-state index in [0.29, 0.717) is 24.3 Å². The molecule has 0 radical (unpaired) electrons. The number of aryl methyl sites for hydroxylation is 1. The number of carboxylic acid groups (broad SMARTS) is 1. The summed E-state index contributed by atoms with van der Waals surface area (Å²) < 4.78 is 1.76. The number of pyridine rings is 1. The number of piperidine rings is 1. The Bertz CT molecular complexity index is 1040. The van der Waals surface area contributed by atoms with Crippen LogP contribution in [0, 0.1) is 6.92 Å². The Morgan fingerprint density at radius 3 is 2.69 bits per heavy atom. The van der Waals surface area contributed by atoms with Crippen molar-refractivity contribution in [2.45, 2.75) is 45.1 Å². The molecule has 29 heavy (non-hydrogen) atoms. The third-order valence-corrected chi connectivity index (χ3v) is 5.51. The van der Waals surface area contributed by atoms with Crippen LogP contribution in [0.25, 0.3) is 16.7 Å². The predicted molar refractivity (Wildman–Crippen MR) is 109 cm³/mol. The zero-order chi connectivity index (χ0) is 20.4. The van der Waals surface area contributed by atoms with E-state index in [9.17, 15) is 9.59 Å². The molecule has 0 spiro atoms. The van der Waals surface area contributed by atoms with Crippen molar-refractivity contribution in [3.8, 4) is 5.69 Å². The lowest BCUT2D eigenvalue weighted by Gasteiger charge is -2.35. The van der Waals surface area contributed by atoms with Crippen molar-refractivity contribution in [3.63, 3.8) is 0 Å². The van der Waals surface area contributed by atoms with Gasteiger partial charge in [-0.05, 0) is 56.9 Å². The molecule has 7 heteroatoms. The van der Waals surface area contributed by atoms with Gasteiger partial charge in [0.2, 0.25) is 0 Å². The molecular weight excluding hydrogens is 368 g/mol. The second-order valence-corrected chi connectivity index (χ2v) is 7.48. The van der Waals surface area contributed by atoms with Crippen LogP contribution in [0.2, 0.25) is 0 Å². The highest BCUT2D eigenvalue weighted by Crippen LogP contribution is 2.25. The van der Waals surface area contributed by atoms with Crippen molar-refractivity contribution < 1.29 is 14.7 Å². The maximum Gasteiger partial charge on any atom is 0.303 e. The molecule has 1 unspecified atom stereocenters. The van der Waals surface area contributed by atoms with Gasteiger partial charge in [-0.2, -0.15) is 5.10 Å². The highest BCUT2D eigenvalue weighted by atomic mass is 16.4. The van der Waals surface area contributed by atoms with E-state index in [0.717, 1.165) is 36.0 Å². The molecule has 1 aromatic carbocycles. The zero-order valence-electron chi connectivity index (χ0n) is 16.4. The van der Waals surface area contributed by atoms with Crippen molar-refractivity contribution in [1.82, 2.24) is 19.7 Å². The fraction of sp³-hybridized carbons (Fsp3) is 0.364. The van der Waals surface area contributed by atoms with Crippen molar-refractivity contribution in [2.75, 3.05) is 6.54 Å². The fourth-order valence-electron chi connectivity index (χ4n) is 4.02. The largest absolute Gasteiger partial charge is 0.481 e. The number of rotatable bonds is 5. The summed E-state index contributed by atoms with van der Waals surface area (Å²) >= 11 is 0. The molecule has 1 aliphatic rings. The molecule has 150 valence electrons. The van der Waals surface area contributed by atoms with E-state index in [1.54, 1.807) is 15.6 Å². The predicted octanol–water partition coefficient (Wildman–Crippen LogP) is 3.59. The number of benzene rings is 1. The second kappa shape index (κ2) is 8.03. The smallest absolute Gasteiger partial charge is 0.303 e. The molecule has 3 aromatic rings. The van der Waals surface area contributed by atoms with Crippen LogP contribution in [0.15, 0.2) is 42.5 Å². The maximum atomic E-state index is 13.2. The number of likely N-dealkylation sites (tertiary alicyclic amines) is 1. The quantitative estimate of drug-likeness (QED) is 0.717. The lowest BCUT2D eigenvalue weighted by molar-refractivity contribution is -0.137. The van der Waals surface area contributed by atoms with Gasteiger partial charge in [-0.1, -0.05) is 18.2 Å². The van der Waals surface area contributed by atoms with Crippen LogP contribution in [0.4, 0.5) is 0 Å². The molecule has 0 aliphatic carbocycles. The molecule has 1 aliphatic heterocycles. The first-order valence-electron chi connectivity index (χ1n) is 9.99. The Kier molecular flexibility index (Phi) is 5.29. The number of hydrogen-bond donors (Lipinski definition) is 1. The summed E-state index contributed by atoms with van der Waals surface area (Å²) in [4.78, 5) is 30.7. The summed E-state index contributed by atoms with van der Waals surface area (Å²) in [6.07, 6.45) is 3.33. The Morgan fingerprint density at radius 2 is 1.93 bits per heavy atom. The van der Waals surface area contributed by atoms with Gasteiger partial charge in [0.25, 0.3) is 5.91 Å². The van der Waals surface area contributed by atoms with Crippen molar-refractivity contribution in [2.24, 2.45) is 0 Å². The van der Waals surface area contributed by atoms with Gasteiger partial charge < -0.3 is 10.0 Å². The van der Waals surface area contributed by atoms with Gasteiger partial charge in [0, 0.05) is 24.4 Å². The number of hydrogen-bond acceptors (Lipinski definition) is 4. The molecule has 1 N–H and O–H groups in total. The molecule has 1 amide bonds. The Morgan fingerprint density at radius 1 is 1.14 bits per heavy atom. The van der Waals surface area contributed by atoms with Crippen LogP contribution in [-0.4, -0.2) is 49.2 Å². The maximum absolute atomic E-state index is 13.2. The van der Waals surface area contributed by atoms with E-state index >= 15 is 0 Å². The molecule has 1 fully saturated rings. The molecule has 1 saturated heterocycles. The summed E-state index contributed by atoms with van der Waals surface area (Å²) in [6, 6.07) is 13.3. The Hall–Kier alpha value is -3.22. The summed E-state index contributed by atoms with van der Waals surface area (Å²) in [7, 11) is 0. The molecule has 0 saturated carbocycles. The molecule has 7 nitrogen and oxygen atoms in total. The lowest BCUT2D eigenvalue weighted by atomic mass is 9.97. The van der Waals surface area contributed by atoms with Crippen LogP contribution >= 0.6 is 0 Å². The first-order chi connectivity index (χ1) is 14.0. The minimum atomic E-state index is -0.829. The minimum Gasteiger partial charge on any atom is -0.481 e. The molecule has 3 heterocycles. The van der Waals surface area contributed by atoms with E-state index in [4.69, 9.17) is 5.11 Å². The third kappa shape index (κ3) is 3.85. The Labute approximate surface area is 169 Å². The van der Waals surface area contributed by atoms with Gasteiger partial charge >= 0.3 is 5.97 Å². The summed E-state index contributed by atoms with van der Waals surface area (Å²) in [5.41, 5.74) is 2.77.